The first-order valence-electron chi connectivity index (χ1n) is 8.54. The SMILES string of the molecule is Cl.NCCCCCCC(=O)N1CCN(C(=O)c2ccccc2)CC1. The highest BCUT2D eigenvalue weighted by molar-refractivity contribution is 5.94. The highest BCUT2D eigenvalue weighted by atomic mass is 35.5. The summed E-state index contributed by atoms with van der Waals surface area (Å²) >= 11 is 0. The summed E-state index contributed by atoms with van der Waals surface area (Å²) in [4.78, 5) is 28.3. The smallest absolute Gasteiger partial charge is 0.253 e. The van der Waals surface area contributed by atoms with Crippen molar-refractivity contribution in [3.05, 3.63) is 35.9 Å². The van der Waals surface area contributed by atoms with Crippen molar-refractivity contribution in [3.63, 3.8) is 0 Å². The number of benzene rings is 1. The molecule has 0 aliphatic carbocycles. The molecule has 1 saturated heterocycles. The Balaban J connectivity index is 0.00000288. The standard InChI is InChI=1S/C18H27N3O2.ClH/c19-11-7-2-1-6-10-17(22)20-12-14-21(15-13-20)18(23)16-8-4-3-5-9-16;/h3-5,8-9H,1-2,6-7,10-15,19H2;1H. The minimum atomic E-state index is 0. The normalized spacial score (nSPS) is 14.2. The molecular formula is C18H28ClN3O2. The molecule has 134 valence electrons. The van der Waals surface area contributed by atoms with Gasteiger partial charge in [-0.3, -0.25) is 9.59 Å². The molecule has 2 N–H and O–H groups in total. The Labute approximate surface area is 150 Å². The van der Waals surface area contributed by atoms with Crippen LogP contribution in [0.4, 0.5) is 0 Å². The van der Waals surface area contributed by atoms with Gasteiger partial charge in [-0.1, -0.05) is 31.0 Å². The molecule has 2 rings (SSSR count). The van der Waals surface area contributed by atoms with E-state index in [1.807, 2.05) is 40.1 Å². The molecule has 0 aromatic heterocycles. The van der Waals surface area contributed by atoms with E-state index in [-0.39, 0.29) is 24.2 Å². The van der Waals surface area contributed by atoms with Crippen LogP contribution in [-0.2, 0) is 4.79 Å². The van der Waals surface area contributed by atoms with Gasteiger partial charge < -0.3 is 15.5 Å². The van der Waals surface area contributed by atoms with Crippen LogP contribution in [0, 0.1) is 0 Å². The van der Waals surface area contributed by atoms with Crippen LogP contribution in [0.25, 0.3) is 0 Å². The van der Waals surface area contributed by atoms with E-state index in [1.54, 1.807) is 0 Å². The zero-order valence-electron chi connectivity index (χ0n) is 14.2. The van der Waals surface area contributed by atoms with Crippen LogP contribution < -0.4 is 5.73 Å². The van der Waals surface area contributed by atoms with Crippen LogP contribution in [0.1, 0.15) is 42.5 Å². The molecule has 5 nitrogen and oxygen atoms in total. The van der Waals surface area contributed by atoms with Crippen molar-refractivity contribution in [2.75, 3.05) is 32.7 Å². The zero-order valence-corrected chi connectivity index (χ0v) is 15.0. The molecule has 1 aromatic rings. The molecule has 6 heteroatoms. The van der Waals surface area contributed by atoms with E-state index in [4.69, 9.17) is 5.73 Å². The van der Waals surface area contributed by atoms with Crippen molar-refractivity contribution >= 4 is 24.2 Å². The summed E-state index contributed by atoms with van der Waals surface area (Å²) in [5, 5.41) is 0. The molecule has 24 heavy (non-hydrogen) atoms. The first-order valence-corrected chi connectivity index (χ1v) is 8.54. The van der Waals surface area contributed by atoms with Gasteiger partial charge in [-0.25, -0.2) is 0 Å². The minimum absolute atomic E-state index is 0. The Morgan fingerprint density at radius 1 is 0.875 bits per heavy atom. The van der Waals surface area contributed by atoms with E-state index in [2.05, 4.69) is 0 Å². The van der Waals surface area contributed by atoms with Crippen LogP contribution >= 0.6 is 12.4 Å². The van der Waals surface area contributed by atoms with Gasteiger partial charge in [-0.05, 0) is 31.5 Å². The Morgan fingerprint density at radius 3 is 2.08 bits per heavy atom. The van der Waals surface area contributed by atoms with Crippen molar-refractivity contribution in [1.82, 2.24) is 9.80 Å². The third-order valence-corrected chi connectivity index (χ3v) is 4.29. The monoisotopic (exact) mass is 353 g/mol. The van der Waals surface area contributed by atoms with Crippen LogP contribution in [0.2, 0.25) is 0 Å². The lowest BCUT2D eigenvalue weighted by atomic mass is 10.1. The van der Waals surface area contributed by atoms with Gasteiger partial charge in [0.1, 0.15) is 0 Å². The van der Waals surface area contributed by atoms with Crippen LogP contribution in [0.3, 0.4) is 0 Å². The number of nitrogens with zero attached hydrogens (tertiary/aromatic N) is 2. The van der Waals surface area contributed by atoms with Crippen molar-refractivity contribution in [3.8, 4) is 0 Å². The molecule has 2 amide bonds. The summed E-state index contributed by atoms with van der Waals surface area (Å²) in [6, 6.07) is 9.32. The number of piperazine rings is 1. The number of amides is 2. The van der Waals surface area contributed by atoms with Gasteiger partial charge in [-0.2, -0.15) is 0 Å². The fourth-order valence-electron chi connectivity index (χ4n) is 2.85. The van der Waals surface area contributed by atoms with Crippen molar-refractivity contribution in [1.29, 1.82) is 0 Å². The van der Waals surface area contributed by atoms with Crippen molar-refractivity contribution in [2.45, 2.75) is 32.1 Å². The Morgan fingerprint density at radius 2 is 1.46 bits per heavy atom. The molecule has 0 radical (unpaired) electrons. The third kappa shape index (κ3) is 6.13. The Hall–Kier alpha value is -1.59. The fraction of sp³-hybridized carbons (Fsp3) is 0.556. The molecule has 1 fully saturated rings. The van der Waals surface area contributed by atoms with E-state index >= 15 is 0 Å². The van der Waals surface area contributed by atoms with E-state index in [0.29, 0.717) is 38.2 Å². The van der Waals surface area contributed by atoms with Gasteiger partial charge >= 0.3 is 0 Å². The summed E-state index contributed by atoms with van der Waals surface area (Å²) in [6.45, 7) is 3.24. The number of unbranched alkanes of at least 4 members (excludes halogenated alkanes) is 3. The van der Waals surface area contributed by atoms with E-state index in [1.165, 1.54) is 0 Å². The van der Waals surface area contributed by atoms with Crippen LogP contribution in [0.15, 0.2) is 30.3 Å². The van der Waals surface area contributed by atoms with Gasteiger partial charge in [0.25, 0.3) is 5.91 Å². The quantitative estimate of drug-likeness (QED) is 0.765. The maximum Gasteiger partial charge on any atom is 0.253 e. The predicted octanol–water partition coefficient (Wildman–Crippen LogP) is 2.30. The lowest BCUT2D eigenvalue weighted by molar-refractivity contribution is -0.132. The number of hydrogen-bond acceptors (Lipinski definition) is 3. The number of carbonyl (C=O) groups excluding carboxylic acids is 2. The first-order chi connectivity index (χ1) is 11.2. The second-order valence-electron chi connectivity index (χ2n) is 5.99. The highest BCUT2D eigenvalue weighted by Gasteiger charge is 2.24. The zero-order chi connectivity index (χ0) is 16.5. The van der Waals surface area contributed by atoms with Gasteiger partial charge in [0.2, 0.25) is 5.91 Å². The molecule has 0 bridgehead atoms. The topological polar surface area (TPSA) is 66.6 Å². The van der Waals surface area contributed by atoms with Gasteiger partial charge in [0, 0.05) is 38.2 Å². The molecule has 1 heterocycles. The molecule has 1 aliphatic heterocycles. The van der Waals surface area contributed by atoms with E-state index in [9.17, 15) is 9.59 Å². The number of halogens is 1. The molecule has 1 aliphatic rings. The lowest BCUT2D eigenvalue weighted by Gasteiger charge is -2.35. The van der Waals surface area contributed by atoms with Gasteiger partial charge in [0.15, 0.2) is 0 Å². The summed E-state index contributed by atoms with van der Waals surface area (Å²) in [7, 11) is 0. The second-order valence-corrected chi connectivity index (χ2v) is 5.99. The first kappa shape index (κ1) is 20.5. The average Bonchev–Trinajstić information content (AvgIpc) is 2.61. The van der Waals surface area contributed by atoms with E-state index in [0.717, 1.165) is 32.2 Å². The number of carbonyl (C=O) groups is 2. The molecule has 0 atom stereocenters. The third-order valence-electron chi connectivity index (χ3n) is 4.29. The number of rotatable bonds is 7. The molecule has 0 unspecified atom stereocenters. The maximum atomic E-state index is 12.4. The summed E-state index contributed by atoms with van der Waals surface area (Å²) in [5.41, 5.74) is 6.17. The Kier molecular flexibility index (Phi) is 9.42. The van der Waals surface area contributed by atoms with Crippen molar-refractivity contribution < 1.29 is 9.59 Å². The highest BCUT2D eigenvalue weighted by Crippen LogP contribution is 2.11. The summed E-state index contributed by atoms with van der Waals surface area (Å²) in [6.07, 6.45) is 4.74. The predicted molar refractivity (Wildman–Crippen MR) is 98.3 cm³/mol. The minimum Gasteiger partial charge on any atom is -0.339 e. The van der Waals surface area contributed by atoms with Crippen LogP contribution in [-0.4, -0.2) is 54.3 Å². The van der Waals surface area contributed by atoms with Crippen LogP contribution in [0.5, 0.6) is 0 Å². The fourth-order valence-corrected chi connectivity index (χ4v) is 2.85. The van der Waals surface area contributed by atoms with E-state index < -0.39 is 0 Å². The molecule has 0 saturated carbocycles. The van der Waals surface area contributed by atoms with Crippen molar-refractivity contribution in [2.24, 2.45) is 5.73 Å². The van der Waals surface area contributed by atoms with Gasteiger partial charge in [0.05, 0.1) is 0 Å². The summed E-state index contributed by atoms with van der Waals surface area (Å²) in [5.74, 6) is 0.268. The largest absolute Gasteiger partial charge is 0.339 e. The molecule has 0 spiro atoms. The molecule has 1 aromatic carbocycles. The number of nitrogens with two attached hydrogens (primary N) is 1. The van der Waals surface area contributed by atoms with Gasteiger partial charge in [-0.15, -0.1) is 12.4 Å². The average molecular weight is 354 g/mol. The lowest BCUT2D eigenvalue weighted by Crippen LogP contribution is -2.50. The number of hydrogen-bond donors (Lipinski definition) is 1. The summed E-state index contributed by atoms with van der Waals surface area (Å²) < 4.78 is 0. The Bertz CT molecular complexity index is 502. The second kappa shape index (κ2) is 11.0. The molecular weight excluding hydrogens is 326 g/mol. The maximum absolute atomic E-state index is 12.4.